The number of rotatable bonds is 6. The van der Waals surface area contributed by atoms with Crippen LogP contribution in [-0.2, 0) is 4.79 Å². The summed E-state index contributed by atoms with van der Waals surface area (Å²) in [4.78, 5) is 16.0. The van der Waals surface area contributed by atoms with Gasteiger partial charge in [-0.3, -0.25) is 9.78 Å². The van der Waals surface area contributed by atoms with Crippen LogP contribution in [0.3, 0.4) is 0 Å². The molecule has 0 unspecified atom stereocenters. The molecule has 0 fully saturated rings. The van der Waals surface area contributed by atoms with E-state index in [1.807, 2.05) is 6.92 Å². The fourth-order valence-electron chi connectivity index (χ4n) is 2.45. The maximum Gasteiger partial charge on any atom is 0.269 e. The van der Waals surface area contributed by atoms with Crippen LogP contribution < -0.4 is 27.3 Å². The van der Waals surface area contributed by atoms with E-state index in [9.17, 15) is 9.18 Å². The van der Waals surface area contributed by atoms with Gasteiger partial charge in [-0.2, -0.15) is 0 Å². The van der Waals surface area contributed by atoms with Crippen molar-refractivity contribution in [3.8, 4) is 16.9 Å². The van der Waals surface area contributed by atoms with Crippen molar-refractivity contribution < 1.29 is 13.9 Å². The normalized spacial score (nSPS) is 11.7. The molecular formula is C18H22FN5O2. The smallest absolute Gasteiger partial charge is 0.269 e. The number of anilines is 1. The highest BCUT2D eigenvalue weighted by Crippen LogP contribution is 2.38. The fourth-order valence-corrected chi connectivity index (χ4v) is 2.45. The van der Waals surface area contributed by atoms with Crippen molar-refractivity contribution in [3.63, 3.8) is 0 Å². The summed E-state index contributed by atoms with van der Waals surface area (Å²) in [5.41, 5.74) is 18.6. The number of halogens is 1. The van der Waals surface area contributed by atoms with Gasteiger partial charge in [0.25, 0.3) is 5.91 Å². The zero-order valence-corrected chi connectivity index (χ0v) is 14.7. The second-order valence-corrected chi connectivity index (χ2v) is 5.54. The monoisotopic (exact) mass is 359 g/mol. The van der Waals surface area contributed by atoms with Crippen molar-refractivity contribution in [2.45, 2.75) is 13.3 Å². The van der Waals surface area contributed by atoms with Gasteiger partial charge in [0.1, 0.15) is 17.3 Å². The van der Waals surface area contributed by atoms with Gasteiger partial charge < -0.3 is 27.3 Å². The lowest BCUT2D eigenvalue weighted by Crippen LogP contribution is -2.31. The molecule has 0 aliphatic rings. The summed E-state index contributed by atoms with van der Waals surface area (Å²) in [5.74, 6) is -0.674. The summed E-state index contributed by atoms with van der Waals surface area (Å²) in [5, 5.41) is 2.63. The molecule has 7 nitrogen and oxygen atoms in total. The van der Waals surface area contributed by atoms with Gasteiger partial charge in [-0.25, -0.2) is 4.39 Å². The van der Waals surface area contributed by atoms with E-state index in [1.54, 1.807) is 6.07 Å². The first-order chi connectivity index (χ1) is 12.4. The number of benzene rings is 1. The van der Waals surface area contributed by atoms with Gasteiger partial charge in [-0.05, 0) is 24.6 Å². The summed E-state index contributed by atoms with van der Waals surface area (Å²) >= 11 is 0. The van der Waals surface area contributed by atoms with Crippen molar-refractivity contribution in [3.05, 3.63) is 47.7 Å². The molecule has 0 spiro atoms. The third kappa shape index (κ3) is 3.69. The van der Waals surface area contributed by atoms with Crippen LogP contribution in [0.1, 0.15) is 18.9 Å². The zero-order valence-electron chi connectivity index (χ0n) is 14.7. The van der Waals surface area contributed by atoms with E-state index in [2.05, 4.69) is 10.3 Å². The number of carbonyl (C=O) groups excluding carboxylic acids is 1. The second-order valence-electron chi connectivity index (χ2n) is 5.54. The molecule has 2 rings (SSSR count). The lowest BCUT2D eigenvalue weighted by Gasteiger charge is -2.16. The minimum absolute atomic E-state index is 0.0276. The summed E-state index contributed by atoms with van der Waals surface area (Å²) in [6.45, 7) is 2.37. The van der Waals surface area contributed by atoms with Crippen LogP contribution in [0.15, 0.2) is 36.3 Å². The number of nitrogens with zero attached hydrogens (tertiary/aromatic N) is 1. The van der Waals surface area contributed by atoms with Crippen LogP contribution in [-0.4, -0.2) is 24.5 Å². The van der Waals surface area contributed by atoms with Crippen LogP contribution in [0.5, 0.6) is 5.75 Å². The molecule has 1 heterocycles. The number of nitrogens with one attached hydrogen (secondary N) is 1. The van der Waals surface area contributed by atoms with Crippen LogP contribution in [0.2, 0.25) is 0 Å². The molecule has 1 aromatic heterocycles. The Labute approximate surface area is 151 Å². The van der Waals surface area contributed by atoms with E-state index in [4.69, 9.17) is 21.9 Å². The van der Waals surface area contributed by atoms with Crippen LogP contribution in [0, 0.1) is 5.82 Å². The van der Waals surface area contributed by atoms with Crippen molar-refractivity contribution in [1.82, 2.24) is 10.3 Å². The molecular weight excluding hydrogens is 337 g/mol. The number of aromatic nitrogens is 1. The topological polar surface area (TPSA) is 129 Å². The van der Waals surface area contributed by atoms with E-state index in [0.29, 0.717) is 17.9 Å². The Hall–Kier alpha value is -3.29. The third-order valence-electron chi connectivity index (χ3n) is 3.83. The van der Waals surface area contributed by atoms with Gasteiger partial charge in [0.15, 0.2) is 0 Å². The Morgan fingerprint density at radius 3 is 2.69 bits per heavy atom. The molecule has 0 saturated carbocycles. The highest BCUT2D eigenvalue weighted by atomic mass is 19.1. The lowest BCUT2D eigenvalue weighted by molar-refractivity contribution is -0.117. The maximum absolute atomic E-state index is 14.5. The van der Waals surface area contributed by atoms with E-state index < -0.39 is 11.7 Å². The molecule has 2 aromatic rings. The standard InChI is InChI=1S/C18H22FN5O2/c1-3-7-24-18(25)17(22)16(21)10-4-5-12(19)14(15(10)20)11-9-23-8-6-13(11)26-2/h4-6,8-9H,3,7,20-22H2,1-2H3,(H,24,25)/b17-16+. The highest BCUT2D eigenvalue weighted by molar-refractivity contribution is 6.01. The molecule has 0 saturated heterocycles. The molecule has 26 heavy (non-hydrogen) atoms. The van der Waals surface area contributed by atoms with Gasteiger partial charge in [-0.15, -0.1) is 0 Å². The van der Waals surface area contributed by atoms with Crippen LogP contribution in [0.25, 0.3) is 16.8 Å². The molecule has 8 heteroatoms. The Bertz CT molecular complexity index is 851. The first kappa shape index (κ1) is 19.0. The predicted octanol–water partition coefficient (Wildman–Crippen LogP) is 1.59. The first-order valence-corrected chi connectivity index (χ1v) is 8.02. The Morgan fingerprint density at radius 1 is 1.31 bits per heavy atom. The number of pyridine rings is 1. The molecule has 0 aliphatic carbocycles. The van der Waals surface area contributed by atoms with Crippen molar-refractivity contribution in [1.29, 1.82) is 0 Å². The Morgan fingerprint density at radius 2 is 2.04 bits per heavy atom. The van der Waals surface area contributed by atoms with Crippen LogP contribution >= 0.6 is 0 Å². The first-order valence-electron chi connectivity index (χ1n) is 8.02. The van der Waals surface area contributed by atoms with Crippen LogP contribution in [0.4, 0.5) is 10.1 Å². The number of nitrogens with two attached hydrogens (primary N) is 3. The van der Waals surface area contributed by atoms with E-state index in [0.717, 1.165) is 6.42 Å². The van der Waals surface area contributed by atoms with Gasteiger partial charge in [0.05, 0.1) is 18.5 Å². The number of hydrogen-bond acceptors (Lipinski definition) is 6. The van der Waals surface area contributed by atoms with Gasteiger partial charge in [0.2, 0.25) is 0 Å². The van der Waals surface area contributed by atoms with Gasteiger partial charge in [-0.1, -0.05) is 6.92 Å². The number of nitrogen functional groups attached to an aromatic ring is 1. The summed E-state index contributed by atoms with van der Waals surface area (Å²) < 4.78 is 19.7. The third-order valence-corrected chi connectivity index (χ3v) is 3.83. The van der Waals surface area contributed by atoms with Crippen molar-refractivity contribution >= 4 is 17.3 Å². The fraction of sp³-hybridized carbons (Fsp3) is 0.222. The Kier molecular flexibility index (Phi) is 6.00. The second kappa shape index (κ2) is 8.19. The van der Waals surface area contributed by atoms with E-state index >= 15 is 0 Å². The summed E-state index contributed by atoms with van der Waals surface area (Å²) in [7, 11) is 1.46. The molecule has 0 bridgehead atoms. The van der Waals surface area contributed by atoms with Crippen molar-refractivity contribution in [2.24, 2.45) is 11.5 Å². The van der Waals surface area contributed by atoms with Gasteiger partial charge >= 0.3 is 0 Å². The number of ether oxygens (including phenoxy) is 1. The number of methoxy groups -OCH3 is 1. The van der Waals surface area contributed by atoms with Gasteiger partial charge in [0, 0.05) is 35.6 Å². The highest BCUT2D eigenvalue weighted by Gasteiger charge is 2.20. The summed E-state index contributed by atoms with van der Waals surface area (Å²) in [6.07, 6.45) is 3.71. The molecule has 1 amide bonds. The van der Waals surface area contributed by atoms with E-state index in [-0.39, 0.29) is 28.2 Å². The minimum Gasteiger partial charge on any atom is -0.496 e. The zero-order chi connectivity index (χ0) is 19.3. The molecule has 0 radical (unpaired) electrons. The average Bonchev–Trinajstić information content (AvgIpc) is 2.65. The quantitative estimate of drug-likeness (QED) is 0.458. The minimum atomic E-state index is -0.570. The SMILES string of the molecule is CCCNC(=O)/C(N)=C(\N)c1ccc(F)c(-c2cnccc2OC)c1N. The molecule has 138 valence electrons. The van der Waals surface area contributed by atoms with E-state index in [1.165, 1.54) is 31.6 Å². The number of hydrogen-bond donors (Lipinski definition) is 4. The van der Waals surface area contributed by atoms with Crippen molar-refractivity contribution in [2.75, 3.05) is 19.4 Å². The predicted molar refractivity (Wildman–Crippen MR) is 99.2 cm³/mol. The summed E-state index contributed by atoms with van der Waals surface area (Å²) in [6, 6.07) is 4.18. The lowest BCUT2D eigenvalue weighted by atomic mass is 9.98. The molecule has 0 atom stereocenters. The largest absolute Gasteiger partial charge is 0.496 e. The number of amides is 1. The molecule has 7 N–H and O–H groups in total. The maximum atomic E-state index is 14.5. The molecule has 0 aliphatic heterocycles. The Balaban J connectivity index is 2.58. The average molecular weight is 359 g/mol. The molecule has 1 aromatic carbocycles. The number of carbonyl (C=O) groups is 1.